The molecule has 3 nitrogen and oxygen atoms in total. The minimum absolute atomic E-state index is 0.373. The Morgan fingerprint density at radius 1 is 1.38 bits per heavy atom. The zero-order valence-electron chi connectivity index (χ0n) is 9.27. The number of carbonyl (C=O) groups is 1. The van der Waals surface area contributed by atoms with E-state index in [-0.39, 0.29) is 0 Å². The third-order valence-electron chi connectivity index (χ3n) is 2.22. The molecule has 0 radical (unpaired) electrons. The zero-order valence-corrected chi connectivity index (χ0v) is 10.9. The summed E-state index contributed by atoms with van der Waals surface area (Å²) in [5.74, 6) is -0.959. The fourth-order valence-electron chi connectivity index (χ4n) is 1.35. The van der Waals surface area contributed by atoms with Gasteiger partial charge in [0.2, 0.25) is 0 Å². The van der Waals surface area contributed by atoms with Crippen LogP contribution in [-0.2, 0) is 11.2 Å². The van der Waals surface area contributed by atoms with Crippen molar-refractivity contribution in [1.29, 1.82) is 0 Å². The van der Waals surface area contributed by atoms with Crippen molar-refractivity contribution < 1.29 is 9.90 Å². The van der Waals surface area contributed by atoms with E-state index in [2.05, 4.69) is 0 Å². The number of benzene rings is 1. The number of nitrogens with two attached hydrogens (primary N) is 1. The molecule has 0 fully saturated rings. The molecule has 0 heterocycles. The van der Waals surface area contributed by atoms with E-state index in [1.807, 2.05) is 30.7 Å². The highest BCUT2D eigenvalue weighted by Gasteiger charge is 2.12. The quantitative estimate of drug-likeness (QED) is 0.791. The van der Waals surface area contributed by atoms with Crippen LogP contribution in [0.3, 0.4) is 0 Å². The summed E-state index contributed by atoms with van der Waals surface area (Å²) in [6.45, 7) is 0. The molecule has 0 amide bonds. The smallest absolute Gasteiger partial charge is 0.320 e. The first-order chi connectivity index (χ1) is 7.58. The van der Waals surface area contributed by atoms with Gasteiger partial charge in [0.05, 0.1) is 0 Å². The van der Waals surface area contributed by atoms with Gasteiger partial charge in [-0.25, -0.2) is 0 Å². The van der Waals surface area contributed by atoms with Gasteiger partial charge < -0.3 is 10.8 Å². The first-order valence-electron chi connectivity index (χ1n) is 4.77. The molecular weight excluding hydrogens is 242 g/mol. The number of carboxylic acids is 1. The Hall–Kier alpha value is -0.650. The predicted molar refractivity (Wildman–Crippen MR) is 69.3 cm³/mol. The maximum absolute atomic E-state index is 10.6. The van der Waals surface area contributed by atoms with Crippen LogP contribution >= 0.6 is 23.5 Å². The number of hydrogen-bond acceptors (Lipinski definition) is 4. The van der Waals surface area contributed by atoms with E-state index in [0.29, 0.717) is 6.42 Å². The SMILES string of the molecule is CSc1ccc(CC(N)C(=O)O)cc1SC. The fourth-order valence-corrected chi connectivity index (χ4v) is 2.85. The average molecular weight is 257 g/mol. The molecule has 0 spiro atoms. The van der Waals surface area contributed by atoms with Crippen LogP contribution in [0.4, 0.5) is 0 Å². The molecule has 1 atom stereocenters. The van der Waals surface area contributed by atoms with E-state index in [1.54, 1.807) is 23.5 Å². The van der Waals surface area contributed by atoms with Crippen molar-refractivity contribution in [3.05, 3.63) is 23.8 Å². The van der Waals surface area contributed by atoms with Crippen molar-refractivity contribution in [1.82, 2.24) is 0 Å². The Bertz CT molecular complexity index is 382. The standard InChI is InChI=1S/C11H15NO2S2/c1-15-9-4-3-7(6-10(9)16-2)5-8(12)11(13)14/h3-4,6,8H,5,12H2,1-2H3,(H,13,14). The lowest BCUT2D eigenvalue weighted by molar-refractivity contribution is -0.138. The van der Waals surface area contributed by atoms with Gasteiger partial charge in [-0.3, -0.25) is 4.79 Å². The van der Waals surface area contributed by atoms with Crippen molar-refractivity contribution in [2.24, 2.45) is 5.73 Å². The summed E-state index contributed by atoms with van der Waals surface area (Å²) >= 11 is 3.35. The van der Waals surface area contributed by atoms with Gasteiger partial charge in [0.1, 0.15) is 6.04 Å². The molecule has 0 aliphatic heterocycles. The molecule has 3 N–H and O–H groups in total. The Labute approximate surface area is 104 Å². The van der Waals surface area contributed by atoms with Gasteiger partial charge in [0.15, 0.2) is 0 Å². The summed E-state index contributed by atoms with van der Waals surface area (Å²) in [6, 6.07) is 5.14. The molecule has 16 heavy (non-hydrogen) atoms. The largest absolute Gasteiger partial charge is 0.480 e. The molecule has 5 heteroatoms. The highest BCUT2D eigenvalue weighted by Crippen LogP contribution is 2.29. The number of aliphatic carboxylic acids is 1. The lowest BCUT2D eigenvalue weighted by Gasteiger charge is -2.10. The highest BCUT2D eigenvalue weighted by molar-refractivity contribution is 8.01. The maximum Gasteiger partial charge on any atom is 0.320 e. The van der Waals surface area contributed by atoms with Crippen LogP contribution in [0.5, 0.6) is 0 Å². The Morgan fingerprint density at radius 2 is 2.00 bits per heavy atom. The lowest BCUT2D eigenvalue weighted by atomic mass is 10.1. The van der Waals surface area contributed by atoms with Crippen LogP contribution in [0.15, 0.2) is 28.0 Å². The first kappa shape index (κ1) is 13.4. The summed E-state index contributed by atoms with van der Waals surface area (Å²) in [5.41, 5.74) is 6.47. The van der Waals surface area contributed by atoms with Gasteiger partial charge in [-0.05, 0) is 36.6 Å². The predicted octanol–water partition coefficient (Wildman–Crippen LogP) is 2.08. The second-order valence-corrected chi connectivity index (χ2v) is 5.03. The van der Waals surface area contributed by atoms with Crippen LogP contribution in [0.2, 0.25) is 0 Å². The van der Waals surface area contributed by atoms with Crippen molar-refractivity contribution in [3.63, 3.8) is 0 Å². The van der Waals surface area contributed by atoms with Crippen molar-refractivity contribution in [2.75, 3.05) is 12.5 Å². The van der Waals surface area contributed by atoms with Gasteiger partial charge in [-0.15, -0.1) is 23.5 Å². The number of thioether (sulfide) groups is 2. The first-order valence-corrected chi connectivity index (χ1v) is 7.22. The van der Waals surface area contributed by atoms with Crippen molar-refractivity contribution >= 4 is 29.5 Å². The third kappa shape index (κ3) is 3.43. The van der Waals surface area contributed by atoms with E-state index >= 15 is 0 Å². The van der Waals surface area contributed by atoms with Crippen molar-refractivity contribution in [3.8, 4) is 0 Å². The van der Waals surface area contributed by atoms with Gasteiger partial charge in [-0.1, -0.05) is 6.07 Å². The molecule has 0 aromatic heterocycles. The van der Waals surface area contributed by atoms with Gasteiger partial charge >= 0.3 is 5.97 Å². The Morgan fingerprint density at radius 3 is 2.50 bits per heavy atom. The fraction of sp³-hybridized carbons (Fsp3) is 0.364. The van der Waals surface area contributed by atoms with Gasteiger partial charge in [0.25, 0.3) is 0 Å². The van der Waals surface area contributed by atoms with E-state index < -0.39 is 12.0 Å². The van der Waals surface area contributed by atoms with E-state index in [4.69, 9.17) is 10.8 Å². The Balaban J connectivity index is 2.86. The number of hydrogen-bond donors (Lipinski definition) is 2. The van der Waals surface area contributed by atoms with Crippen LogP contribution < -0.4 is 5.73 Å². The highest BCUT2D eigenvalue weighted by atomic mass is 32.2. The van der Waals surface area contributed by atoms with Crippen molar-refractivity contribution in [2.45, 2.75) is 22.3 Å². The van der Waals surface area contributed by atoms with E-state index in [9.17, 15) is 4.79 Å². The van der Waals surface area contributed by atoms with Crippen LogP contribution in [0.25, 0.3) is 0 Å². The molecule has 1 rings (SSSR count). The molecule has 0 bridgehead atoms. The van der Waals surface area contributed by atoms with Gasteiger partial charge in [0, 0.05) is 9.79 Å². The van der Waals surface area contributed by atoms with Gasteiger partial charge in [-0.2, -0.15) is 0 Å². The molecule has 1 unspecified atom stereocenters. The summed E-state index contributed by atoms with van der Waals surface area (Å²) < 4.78 is 0. The third-order valence-corrected chi connectivity index (χ3v) is 3.92. The summed E-state index contributed by atoms with van der Waals surface area (Å²) in [5, 5.41) is 8.74. The second-order valence-electron chi connectivity index (χ2n) is 3.34. The van der Waals surface area contributed by atoms with Crippen LogP contribution in [0.1, 0.15) is 5.56 Å². The maximum atomic E-state index is 10.6. The number of carboxylic acid groups (broad SMARTS) is 1. The van der Waals surface area contributed by atoms with E-state index in [1.165, 1.54) is 9.79 Å². The van der Waals surface area contributed by atoms with Crippen LogP contribution in [0, 0.1) is 0 Å². The summed E-state index contributed by atoms with van der Waals surface area (Å²) in [4.78, 5) is 13.0. The molecule has 0 aliphatic carbocycles. The average Bonchev–Trinajstić information content (AvgIpc) is 2.28. The second kappa shape index (κ2) is 6.18. The monoisotopic (exact) mass is 257 g/mol. The topological polar surface area (TPSA) is 63.3 Å². The molecule has 0 saturated carbocycles. The minimum atomic E-state index is -0.959. The molecule has 0 aliphatic rings. The lowest BCUT2D eigenvalue weighted by Crippen LogP contribution is -2.32. The van der Waals surface area contributed by atoms with Crippen LogP contribution in [-0.4, -0.2) is 29.6 Å². The summed E-state index contributed by atoms with van der Waals surface area (Å²) in [7, 11) is 0. The Kier molecular flexibility index (Phi) is 5.18. The summed E-state index contributed by atoms with van der Waals surface area (Å²) in [6.07, 6.45) is 4.41. The molecule has 1 aromatic carbocycles. The minimum Gasteiger partial charge on any atom is -0.480 e. The molecule has 88 valence electrons. The molecule has 1 aromatic rings. The molecule has 0 saturated heterocycles. The van der Waals surface area contributed by atoms with E-state index in [0.717, 1.165) is 5.56 Å². The molecular formula is C11H15NO2S2. The number of rotatable bonds is 5. The zero-order chi connectivity index (χ0) is 12.1. The normalized spacial score (nSPS) is 12.4.